The molecule has 0 unspecified atom stereocenters. The van der Waals surface area contributed by atoms with E-state index in [1.165, 1.54) is 57.8 Å². The van der Waals surface area contributed by atoms with Gasteiger partial charge in [-0.2, -0.15) is 0 Å². The van der Waals surface area contributed by atoms with Crippen LogP contribution < -0.4 is 0 Å². The molecule has 0 spiro atoms. The summed E-state index contributed by atoms with van der Waals surface area (Å²) in [6.45, 7) is 8.98. The Morgan fingerprint density at radius 1 is 1.00 bits per heavy atom. The molecule has 4 heteroatoms. The Labute approximate surface area is 189 Å². The number of aliphatic carboxylic acids is 1. The Hall–Kier alpha value is -0.610. The molecule has 0 heterocycles. The third-order valence-electron chi connectivity index (χ3n) is 10.8. The van der Waals surface area contributed by atoms with Crippen molar-refractivity contribution >= 4 is 5.97 Å². The van der Waals surface area contributed by atoms with Gasteiger partial charge in [0.05, 0.1) is 19.3 Å². The molecule has 0 aliphatic heterocycles. The molecule has 0 saturated heterocycles. The average Bonchev–Trinajstić information content (AvgIpc) is 3.09. The maximum Gasteiger partial charge on any atom is 0.303 e. The summed E-state index contributed by atoms with van der Waals surface area (Å²) in [5.41, 5.74) is 0.932. The second kappa shape index (κ2) is 9.33. The quantitative estimate of drug-likeness (QED) is 0.464. The van der Waals surface area contributed by atoms with Crippen LogP contribution in [0.4, 0.5) is 0 Å². The van der Waals surface area contributed by atoms with E-state index in [9.17, 15) is 4.79 Å². The Morgan fingerprint density at radius 2 is 1.74 bits per heavy atom. The maximum atomic E-state index is 11.1. The SMILES string of the molecule is COCCO[C@H]1CC[C@@]2(C)[C@H](CC[C@@H]3[C@@H]2CC[C@]2(C)[C@@H]([C@H](C)CCC(=O)O)CC[C@@H]32)C1. The largest absolute Gasteiger partial charge is 0.481 e. The molecule has 4 fully saturated rings. The number of hydrogen-bond acceptors (Lipinski definition) is 3. The van der Waals surface area contributed by atoms with E-state index < -0.39 is 5.97 Å². The molecule has 178 valence electrons. The molecule has 0 radical (unpaired) electrons. The standard InChI is InChI=1S/C27H46O4/c1-18(5-10-25(28)29)22-8-9-23-21-7-6-19-17-20(31-16-15-30-4)11-13-26(19,2)24(21)12-14-27(22,23)3/h18-24H,5-17H2,1-4H3,(H,28,29)/t18-,19-,20+,21+,22-,23+,24+,26+,27-/m1/s1. The zero-order valence-corrected chi connectivity index (χ0v) is 20.4. The van der Waals surface area contributed by atoms with Crippen LogP contribution in [-0.2, 0) is 14.3 Å². The highest BCUT2D eigenvalue weighted by Crippen LogP contribution is 2.68. The van der Waals surface area contributed by atoms with Crippen LogP contribution in [0.3, 0.4) is 0 Å². The zero-order chi connectivity index (χ0) is 22.2. The van der Waals surface area contributed by atoms with E-state index in [2.05, 4.69) is 20.8 Å². The van der Waals surface area contributed by atoms with Gasteiger partial charge < -0.3 is 14.6 Å². The predicted molar refractivity (Wildman–Crippen MR) is 123 cm³/mol. The lowest BCUT2D eigenvalue weighted by Gasteiger charge is -2.61. The van der Waals surface area contributed by atoms with E-state index in [-0.39, 0.29) is 0 Å². The smallest absolute Gasteiger partial charge is 0.303 e. The van der Waals surface area contributed by atoms with Gasteiger partial charge in [-0.25, -0.2) is 0 Å². The first-order chi connectivity index (χ1) is 14.8. The third-order valence-corrected chi connectivity index (χ3v) is 10.8. The Bertz CT molecular complexity index is 635. The summed E-state index contributed by atoms with van der Waals surface area (Å²) in [5, 5.41) is 9.16. The number of ether oxygens (including phenoxy) is 2. The van der Waals surface area contributed by atoms with Crippen molar-refractivity contribution in [3.8, 4) is 0 Å². The van der Waals surface area contributed by atoms with Crippen LogP contribution in [0, 0.1) is 46.3 Å². The lowest BCUT2D eigenvalue weighted by molar-refractivity contribution is -0.140. The first-order valence-electron chi connectivity index (χ1n) is 13.1. The molecule has 4 rings (SSSR count). The van der Waals surface area contributed by atoms with Gasteiger partial charge in [-0.3, -0.25) is 4.79 Å². The second-order valence-corrected chi connectivity index (χ2v) is 12.1. The number of methoxy groups -OCH3 is 1. The molecule has 9 atom stereocenters. The summed E-state index contributed by atoms with van der Waals surface area (Å²) in [7, 11) is 1.75. The van der Waals surface area contributed by atoms with Crippen LogP contribution in [-0.4, -0.2) is 37.5 Å². The van der Waals surface area contributed by atoms with Crippen LogP contribution in [0.1, 0.15) is 91.4 Å². The molecule has 0 aromatic rings. The minimum absolute atomic E-state index is 0.331. The Kier molecular flexibility index (Phi) is 7.09. The molecular formula is C27H46O4. The Morgan fingerprint density at radius 3 is 2.48 bits per heavy atom. The summed E-state index contributed by atoms with van der Waals surface area (Å²) >= 11 is 0. The van der Waals surface area contributed by atoms with Crippen molar-refractivity contribution in [3.05, 3.63) is 0 Å². The Balaban J connectivity index is 1.42. The van der Waals surface area contributed by atoms with E-state index in [0.717, 1.165) is 36.7 Å². The van der Waals surface area contributed by atoms with Crippen LogP contribution >= 0.6 is 0 Å². The van der Waals surface area contributed by atoms with Gasteiger partial charge in [0, 0.05) is 13.5 Å². The van der Waals surface area contributed by atoms with Crippen molar-refractivity contribution in [3.63, 3.8) is 0 Å². The first kappa shape index (κ1) is 23.5. The molecule has 4 saturated carbocycles. The van der Waals surface area contributed by atoms with Gasteiger partial charge in [0.2, 0.25) is 0 Å². The predicted octanol–water partition coefficient (Wildman–Crippen LogP) is 6.18. The van der Waals surface area contributed by atoms with Crippen LogP contribution in [0.15, 0.2) is 0 Å². The van der Waals surface area contributed by atoms with Gasteiger partial charge in [0.25, 0.3) is 0 Å². The lowest BCUT2D eigenvalue weighted by Crippen LogP contribution is -2.54. The molecule has 4 aliphatic carbocycles. The van der Waals surface area contributed by atoms with E-state index in [1.807, 2.05) is 0 Å². The zero-order valence-electron chi connectivity index (χ0n) is 20.4. The first-order valence-corrected chi connectivity index (χ1v) is 13.1. The van der Waals surface area contributed by atoms with Gasteiger partial charge in [0.15, 0.2) is 0 Å². The van der Waals surface area contributed by atoms with Crippen molar-refractivity contribution in [1.82, 2.24) is 0 Å². The molecule has 1 N–H and O–H groups in total. The number of rotatable bonds is 8. The van der Waals surface area contributed by atoms with Crippen molar-refractivity contribution in [2.45, 2.75) is 97.5 Å². The van der Waals surface area contributed by atoms with E-state index >= 15 is 0 Å². The fraction of sp³-hybridized carbons (Fsp3) is 0.963. The van der Waals surface area contributed by atoms with Gasteiger partial charge >= 0.3 is 5.97 Å². The monoisotopic (exact) mass is 434 g/mol. The average molecular weight is 435 g/mol. The summed E-state index contributed by atoms with van der Waals surface area (Å²) in [4.78, 5) is 11.1. The number of fused-ring (bicyclic) bond motifs is 5. The van der Waals surface area contributed by atoms with Crippen molar-refractivity contribution in [2.24, 2.45) is 46.3 Å². The number of carbonyl (C=O) groups is 1. The van der Waals surface area contributed by atoms with Crippen molar-refractivity contribution < 1.29 is 19.4 Å². The fourth-order valence-electron chi connectivity index (χ4n) is 9.20. The summed E-state index contributed by atoms with van der Waals surface area (Å²) in [5.74, 6) is 4.08. The second-order valence-electron chi connectivity index (χ2n) is 12.1. The fourth-order valence-corrected chi connectivity index (χ4v) is 9.20. The van der Waals surface area contributed by atoms with Gasteiger partial charge in [-0.05, 0) is 111 Å². The highest BCUT2D eigenvalue weighted by atomic mass is 16.5. The van der Waals surface area contributed by atoms with Crippen molar-refractivity contribution in [1.29, 1.82) is 0 Å². The third kappa shape index (κ3) is 4.33. The lowest BCUT2D eigenvalue weighted by atomic mass is 9.44. The van der Waals surface area contributed by atoms with Crippen LogP contribution in [0.25, 0.3) is 0 Å². The molecule has 0 bridgehead atoms. The minimum atomic E-state index is -0.636. The molecule has 31 heavy (non-hydrogen) atoms. The molecule has 0 aromatic heterocycles. The highest BCUT2D eigenvalue weighted by molar-refractivity contribution is 5.66. The molecule has 0 aromatic carbocycles. The summed E-state index contributed by atoms with van der Waals surface area (Å²) < 4.78 is 11.3. The van der Waals surface area contributed by atoms with Gasteiger partial charge in [0.1, 0.15) is 0 Å². The molecule has 4 aliphatic rings. The number of carboxylic acid groups (broad SMARTS) is 1. The minimum Gasteiger partial charge on any atom is -0.481 e. The van der Waals surface area contributed by atoms with Crippen LogP contribution in [0.5, 0.6) is 0 Å². The topological polar surface area (TPSA) is 55.8 Å². The van der Waals surface area contributed by atoms with E-state index in [1.54, 1.807) is 7.11 Å². The number of hydrogen-bond donors (Lipinski definition) is 1. The maximum absolute atomic E-state index is 11.1. The highest BCUT2D eigenvalue weighted by Gasteiger charge is 2.60. The molecule has 0 amide bonds. The molecular weight excluding hydrogens is 388 g/mol. The van der Waals surface area contributed by atoms with Gasteiger partial charge in [-0.15, -0.1) is 0 Å². The normalized spacial score (nSPS) is 45.4. The van der Waals surface area contributed by atoms with Crippen molar-refractivity contribution in [2.75, 3.05) is 20.3 Å². The number of carboxylic acids is 1. The summed E-state index contributed by atoms with van der Waals surface area (Å²) in [6, 6.07) is 0. The summed E-state index contributed by atoms with van der Waals surface area (Å²) in [6.07, 6.45) is 13.7. The van der Waals surface area contributed by atoms with Gasteiger partial charge in [-0.1, -0.05) is 20.8 Å². The van der Waals surface area contributed by atoms with E-state index in [0.29, 0.717) is 41.8 Å². The van der Waals surface area contributed by atoms with Crippen LogP contribution in [0.2, 0.25) is 0 Å². The van der Waals surface area contributed by atoms with E-state index in [4.69, 9.17) is 14.6 Å². The molecule has 4 nitrogen and oxygen atoms in total.